The van der Waals surface area contributed by atoms with Gasteiger partial charge in [-0.3, -0.25) is 10.1 Å². The summed E-state index contributed by atoms with van der Waals surface area (Å²) in [4.78, 5) is 24.4. The Balaban J connectivity index is 1.91. The molecule has 0 heterocycles. The maximum atomic E-state index is 12.2. The van der Waals surface area contributed by atoms with E-state index in [4.69, 9.17) is 9.47 Å². The van der Waals surface area contributed by atoms with E-state index in [0.29, 0.717) is 30.4 Å². The number of amides is 3. The fourth-order valence-corrected chi connectivity index (χ4v) is 3.06. The van der Waals surface area contributed by atoms with Crippen molar-refractivity contribution in [3.05, 3.63) is 54.1 Å². The summed E-state index contributed by atoms with van der Waals surface area (Å²) in [6, 6.07) is 14.4. The molecule has 1 atom stereocenters. The van der Waals surface area contributed by atoms with Crippen molar-refractivity contribution in [2.24, 2.45) is 5.92 Å². The van der Waals surface area contributed by atoms with Crippen molar-refractivity contribution in [2.45, 2.75) is 33.7 Å². The third-order valence-corrected chi connectivity index (χ3v) is 4.36. The predicted molar refractivity (Wildman–Crippen MR) is 118 cm³/mol. The lowest BCUT2D eigenvalue weighted by molar-refractivity contribution is -0.119. The van der Waals surface area contributed by atoms with Crippen molar-refractivity contribution < 1.29 is 19.1 Å². The standard InChI is InChI=1S/C23H31N3O4/c1-5-29-19-13-12-18(14-20(19)30-6-2)25-23(28)26-21(27)15-24-22(16(3)4)17-10-8-7-9-11-17/h7-14,16,22,24H,5-6,15H2,1-4H3,(H2,25,26,27,28)/t22-/m1/s1. The van der Waals surface area contributed by atoms with Gasteiger partial charge >= 0.3 is 6.03 Å². The Kier molecular flexibility index (Phi) is 9.15. The molecular formula is C23H31N3O4. The second-order valence-electron chi connectivity index (χ2n) is 7.04. The monoisotopic (exact) mass is 413 g/mol. The van der Waals surface area contributed by atoms with Crippen LogP contribution in [-0.2, 0) is 4.79 Å². The highest BCUT2D eigenvalue weighted by molar-refractivity contribution is 6.01. The van der Waals surface area contributed by atoms with Gasteiger partial charge in [-0.2, -0.15) is 0 Å². The second-order valence-corrected chi connectivity index (χ2v) is 7.04. The number of anilines is 1. The lowest BCUT2D eigenvalue weighted by atomic mass is 9.96. The van der Waals surface area contributed by atoms with Crippen LogP contribution in [0.1, 0.15) is 39.3 Å². The molecule has 162 valence electrons. The second kappa shape index (κ2) is 11.8. The summed E-state index contributed by atoms with van der Waals surface area (Å²) in [7, 11) is 0. The summed E-state index contributed by atoms with van der Waals surface area (Å²) in [6.45, 7) is 8.92. The van der Waals surface area contributed by atoms with E-state index in [1.165, 1.54) is 0 Å². The first-order valence-corrected chi connectivity index (χ1v) is 10.2. The fourth-order valence-electron chi connectivity index (χ4n) is 3.06. The first-order chi connectivity index (χ1) is 14.4. The summed E-state index contributed by atoms with van der Waals surface area (Å²) in [5.41, 5.74) is 1.60. The van der Waals surface area contributed by atoms with E-state index in [9.17, 15) is 9.59 Å². The number of rotatable bonds is 10. The van der Waals surface area contributed by atoms with Crippen LogP contribution < -0.4 is 25.4 Å². The Morgan fingerprint density at radius 1 is 0.933 bits per heavy atom. The molecule has 30 heavy (non-hydrogen) atoms. The molecule has 0 aliphatic carbocycles. The average molecular weight is 414 g/mol. The molecule has 0 spiro atoms. The Labute approximate surface area is 178 Å². The van der Waals surface area contributed by atoms with Gasteiger partial charge in [-0.05, 0) is 37.5 Å². The molecule has 0 bridgehead atoms. The first kappa shape index (κ1) is 23.2. The van der Waals surface area contributed by atoms with E-state index >= 15 is 0 Å². The van der Waals surface area contributed by atoms with Crippen molar-refractivity contribution in [1.29, 1.82) is 0 Å². The summed E-state index contributed by atoms with van der Waals surface area (Å²) in [5, 5.41) is 8.21. The van der Waals surface area contributed by atoms with Crippen LogP contribution in [0.5, 0.6) is 11.5 Å². The number of urea groups is 1. The largest absolute Gasteiger partial charge is 0.490 e. The molecule has 0 aliphatic heterocycles. The third-order valence-electron chi connectivity index (χ3n) is 4.36. The van der Waals surface area contributed by atoms with Gasteiger partial charge in [-0.15, -0.1) is 0 Å². The molecule has 0 saturated heterocycles. The van der Waals surface area contributed by atoms with E-state index < -0.39 is 11.9 Å². The van der Waals surface area contributed by atoms with Crippen LogP contribution in [0, 0.1) is 5.92 Å². The summed E-state index contributed by atoms with van der Waals surface area (Å²) >= 11 is 0. The number of nitrogens with one attached hydrogen (secondary N) is 3. The molecule has 0 saturated carbocycles. The molecule has 3 amide bonds. The van der Waals surface area contributed by atoms with Gasteiger partial charge in [0, 0.05) is 17.8 Å². The molecule has 0 unspecified atom stereocenters. The topological polar surface area (TPSA) is 88.7 Å². The van der Waals surface area contributed by atoms with Crippen molar-refractivity contribution in [1.82, 2.24) is 10.6 Å². The Morgan fingerprint density at radius 3 is 2.23 bits per heavy atom. The molecule has 2 aromatic rings. The number of benzene rings is 2. The summed E-state index contributed by atoms with van der Waals surface area (Å²) in [6.07, 6.45) is 0. The van der Waals surface area contributed by atoms with Crippen molar-refractivity contribution >= 4 is 17.6 Å². The van der Waals surface area contributed by atoms with Crippen LogP contribution >= 0.6 is 0 Å². The smallest absolute Gasteiger partial charge is 0.325 e. The van der Waals surface area contributed by atoms with Crippen LogP contribution in [-0.4, -0.2) is 31.7 Å². The highest BCUT2D eigenvalue weighted by atomic mass is 16.5. The molecular weight excluding hydrogens is 382 g/mol. The van der Waals surface area contributed by atoms with E-state index in [0.717, 1.165) is 5.56 Å². The molecule has 7 heteroatoms. The molecule has 0 radical (unpaired) electrons. The molecule has 0 aliphatic rings. The maximum Gasteiger partial charge on any atom is 0.325 e. The zero-order valence-electron chi connectivity index (χ0n) is 18.0. The van der Waals surface area contributed by atoms with E-state index in [1.807, 2.05) is 44.2 Å². The SMILES string of the molecule is CCOc1ccc(NC(=O)NC(=O)CN[C@@H](c2ccccc2)C(C)C)cc1OCC. The minimum absolute atomic E-state index is 0.0138. The third kappa shape index (κ3) is 7.08. The lowest BCUT2D eigenvalue weighted by Crippen LogP contribution is -2.41. The molecule has 2 rings (SSSR count). The van der Waals surface area contributed by atoms with Gasteiger partial charge in [0.25, 0.3) is 0 Å². The quantitative estimate of drug-likeness (QED) is 0.545. The van der Waals surface area contributed by atoms with Crippen LogP contribution in [0.3, 0.4) is 0 Å². The fraction of sp³-hybridized carbons (Fsp3) is 0.391. The summed E-state index contributed by atoms with van der Waals surface area (Å²) in [5.74, 6) is 1.01. The average Bonchev–Trinajstić information content (AvgIpc) is 2.71. The maximum absolute atomic E-state index is 12.2. The Hall–Kier alpha value is -3.06. The highest BCUT2D eigenvalue weighted by Gasteiger charge is 2.17. The number of hydrogen-bond acceptors (Lipinski definition) is 5. The molecule has 0 aromatic heterocycles. The number of carbonyl (C=O) groups is 2. The minimum Gasteiger partial charge on any atom is -0.490 e. The van der Waals surface area contributed by atoms with Gasteiger partial charge in [-0.25, -0.2) is 4.79 Å². The van der Waals surface area contributed by atoms with E-state index in [-0.39, 0.29) is 18.5 Å². The zero-order chi connectivity index (χ0) is 21.9. The summed E-state index contributed by atoms with van der Waals surface area (Å²) < 4.78 is 11.1. The minimum atomic E-state index is -0.603. The normalized spacial score (nSPS) is 11.6. The van der Waals surface area contributed by atoms with Crippen molar-refractivity contribution in [3.63, 3.8) is 0 Å². The molecule has 7 nitrogen and oxygen atoms in total. The van der Waals surface area contributed by atoms with Crippen molar-refractivity contribution in [2.75, 3.05) is 25.1 Å². The van der Waals surface area contributed by atoms with E-state index in [2.05, 4.69) is 29.8 Å². The van der Waals surface area contributed by atoms with Gasteiger partial charge in [0.15, 0.2) is 11.5 Å². The van der Waals surface area contributed by atoms with Gasteiger partial charge in [0.2, 0.25) is 5.91 Å². The number of carbonyl (C=O) groups excluding carboxylic acids is 2. The number of hydrogen-bond donors (Lipinski definition) is 3. The predicted octanol–water partition coefficient (Wildman–Crippen LogP) is 4.12. The van der Waals surface area contributed by atoms with Gasteiger partial charge in [-0.1, -0.05) is 44.2 Å². The highest BCUT2D eigenvalue weighted by Crippen LogP contribution is 2.30. The first-order valence-electron chi connectivity index (χ1n) is 10.2. The van der Waals surface area contributed by atoms with Crippen molar-refractivity contribution in [3.8, 4) is 11.5 Å². The number of imide groups is 1. The molecule has 0 fully saturated rings. The Bertz CT molecular complexity index is 824. The van der Waals surface area contributed by atoms with Gasteiger partial charge in [0.1, 0.15) is 0 Å². The number of ether oxygens (including phenoxy) is 2. The van der Waals surface area contributed by atoms with E-state index in [1.54, 1.807) is 18.2 Å². The molecule has 3 N–H and O–H groups in total. The van der Waals surface area contributed by atoms with Crippen LogP contribution in [0.25, 0.3) is 0 Å². The van der Waals surface area contributed by atoms with Crippen LogP contribution in [0.15, 0.2) is 48.5 Å². The van der Waals surface area contributed by atoms with Crippen LogP contribution in [0.4, 0.5) is 10.5 Å². The molecule has 2 aromatic carbocycles. The van der Waals surface area contributed by atoms with Gasteiger partial charge in [0.05, 0.1) is 19.8 Å². The zero-order valence-corrected chi connectivity index (χ0v) is 18.0. The lowest BCUT2D eigenvalue weighted by Gasteiger charge is -2.22. The Morgan fingerprint density at radius 2 is 1.60 bits per heavy atom. The van der Waals surface area contributed by atoms with Gasteiger partial charge < -0.3 is 20.1 Å². The van der Waals surface area contributed by atoms with Crippen LogP contribution in [0.2, 0.25) is 0 Å².